The van der Waals surface area contributed by atoms with Crippen molar-refractivity contribution < 1.29 is 8.42 Å². The molecule has 0 radical (unpaired) electrons. The van der Waals surface area contributed by atoms with Crippen LogP contribution in [0.2, 0.25) is 0 Å². The number of rotatable bonds is 4. The largest absolute Gasteiger partial charge is 0.330 e. The van der Waals surface area contributed by atoms with Crippen LogP contribution in [0.25, 0.3) is 0 Å². The van der Waals surface area contributed by atoms with Crippen LogP contribution < -0.4 is 5.73 Å². The fourth-order valence-electron chi connectivity index (χ4n) is 2.20. The Bertz CT molecular complexity index is 314. The van der Waals surface area contributed by atoms with Gasteiger partial charge in [0.1, 0.15) is 0 Å². The van der Waals surface area contributed by atoms with Crippen molar-refractivity contribution in [1.29, 1.82) is 0 Å². The van der Waals surface area contributed by atoms with Gasteiger partial charge in [-0.15, -0.1) is 0 Å². The van der Waals surface area contributed by atoms with E-state index in [1.807, 2.05) is 13.8 Å². The van der Waals surface area contributed by atoms with Gasteiger partial charge < -0.3 is 5.73 Å². The Morgan fingerprint density at radius 2 is 2.06 bits per heavy atom. The van der Waals surface area contributed by atoms with E-state index in [-0.39, 0.29) is 11.7 Å². The van der Waals surface area contributed by atoms with Crippen molar-refractivity contribution in [3.63, 3.8) is 0 Å². The molecule has 2 unspecified atom stereocenters. The number of sulfonamides is 1. The van der Waals surface area contributed by atoms with E-state index in [2.05, 4.69) is 6.92 Å². The van der Waals surface area contributed by atoms with Gasteiger partial charge in [-0.1, -0.05) is 20.8 Å². The number of nitrogens with two attached hydrogens (primary N) is 1. The van der Waals surface area contributed by atoms with Crippen LogP contribution in [0.3, 0.4) is 0 Å². The maximum atomic E-state index is 12.0. The summed E-state index contributed by atoms with van der Waals surface area (Å²) >= 11 is 0. The van der Waals surface area contributed by atoms with Crippen LogP contribution in [0.1, 0.15) is 27.2 Å². The van der Waals surface area contributed by atoms with Crippen LogP contribution >= 0.6 is 0 Å². The molecule has 0 aromatic carbocycles. The van der Waals surface area contributed by atoms with E-state index >= 15 is 0 Å². The zero-order valence-electron chi connectivity index (χ0n) is 10.5. The lowest BCUT2D eigenvalue weighted by atomic mass is 9.88. The standard InChI is InChI=1S/C11H24N2O2S/c1-9(2)8-16(14,15)13-5-4-10(3)11(6-12)7-13/h9-11H,4-8,12H2,1-3H3. The van der Waals surface area contributed by atoms with Crippen molar-refractivity contribution in [2.24, 2.45) is 23.5 Å². The molecule has 0 spiro atoms. The second kappa shape index (κ2) is 5.47. The third-order valence-corrected chi connectivity index (χ3v) is 5.52. The Hall–Kier alpha value is -0.130. The summed E-state index contributed by atoms with van der Waals surface area (Å²) in [4.78, 5) is 0. The van der Waals surface area contributed by atoms with E-state index in [1.54, 1.807) is 4.31 Å². The van der Waals surface area contributed by atoms with Crippen molar-refractivity contribution in [2.75, 3.05) is 25.4 Å². The molecule has 16 heavy (non-hydrogen) atoms. The van der Waals surface area contributed by atoms with Crippen LogP contribution in [0.5, 0.6) is 0 Å². The molecule has 4 nitrogen and oxygen atoms in total. The zero-order valence-corrected chi connectivity index (χ0v) is 11.3. The Balaban J connectivity index is 2.68. The molecule has 2 atom stereocenters. The summed E-state index contributed by atoms with van der Waals surface area (Å²) < 4.78 is 25.7. The zero-order chi connectivity index (χ0) is 12.3. The maximum absolute atomic E-state index is 12.0. The van der Waals surface area contributed by atoms with Gasteiger partial charge in [0, 0.05) is 13.1 Å². The predicted octanol–water partition coefficient (Wildman–Crippen LogP) is 0.889. The van der Waals surface area contributed by atoms with Crippen molar-refractivity contribution >= 4 is 10.0 Å². The fourth-order valence-corrected chi connectivity index (χ4v) is 4.06. The average Bonchev–Trinajstić information content (AvgIpc) is 2.16. The summed E-state index contributed by atoms with van der Waals surface area (Å²) in [6.45, 7) is 7.87. The van der Waals surface area contributed by atoms with Gasteiger partial charge in [0.25, 0.3) is 0 Å². The Kier molecular flexibility index (Phi) is 4.76. The van der Waals surface area contributed by atoms with Crippen LogP contribution in [0.4, 0.5) is 0 Å². The molecule has 0 bridgehead atoms. The van der Waals surface area contributed by atoms with Gasteiger partial charge in [-0.2, -0.15) is 0 Å². The van der Waals surface area contributed by atoms with Crippen molar-refractivity contribution in [1.82, 2.24) is 4.31 Å². The summed E-state index contributed by atoms with van der Waals surface area (Å²) in [6, 6.07) is 0. The Morgan fingerprint density at radius 3 is 2.56 bits per heavy atom. The lowest BCUT2D eigenvalue weighted by Crippen LogP contribution is -2.46. The first-order valence-electron chi connectivity index (χ1n) is 6.04. The molecule has 1 aliphatic heterocycles. The lowest BCUT2D eigenvalue weighted by molar-refractivity contribution is 0.203. The molecule has 0 saturated carbocycles. The second-order valence-corrected chi connectivity index (χ2v) is 7.31. The number of hydrogen-bond acceptors (Lipinski definition) is 3. The van der Waals surface area contributed by atoms with E-state index in [0.717, 1.165) is 6.42 Å². The molecule has 1 fully saturated rings. The third kappa shape index (κ3) is 3.43. The van der Waals surface area contributed by atoms with Crippen molar-refractivity contribution in [3.8, 4) is 0 Å². The first kappa shape index (κ1) is 13.9. The first-order valence-corrected chi connectivity index (χ1v) is 7.65. The maximum Gasteiger partial charge on any atom is 0.214 e. The van der Waals surface area contributed by atoms with Gasteiger partial charge in [0.2, 0.25) is 10.0 Å². The highest BCUT2D eigenvalue weighted by Crippen LogP contribution is 2.24. The van der Waals surface area contributed by atoms with Gasteiger partial charge in [0.05, 0.1) is 5.75 Å². The van der Waals surface area contributed by atoms with E-state index in [4.69, 9.17) is 5.73 Å². The number of nitrogens with zero attached hydrogens (tertiary/aromatic N) is 1. The monoisotopic (exact) mass is 248 g/mol. The highest BCUT2D eigenvalue weighted by molar-refractivity contribution is 7.89. The van der Waals surface area contributed by atoms with Gasteiger partial charge in [-0.05, 0) is 30.7 Å². The van der Waals surface area contributed by atoms with Crippen LogP contribution in [0, 0.1) is 17.8 Å². The molecule has 0 aromatic heterocycles. The summed E-state index contributed by atoms with van der Waals surface area (Å²) in [5.74, 6) is 1.28. The number of piperidine rings is 1. The molecule has 96 valence electrons. The van der Waals surface area contributed by atoms with Crippen LogP contribution in [-0.4, -0.2) is 38.1 Å². The molecular weight excluding hydrogens is 224 g/mol. The first-order chi connectivity index (χ1) is 7.36. The number of hydrogen-bond donors (Lipinski definition) is 1. The van der Waals surface area contributed by atoms with E-state index in [9.17, 15) is 8.42 Å². The van der Waals surface area contributed by atoms with E-state index < -0.39 is 10.0 Å². The Labute approximate surface area is 99.2 Å². The predicted molar refractivity (Wildman–Crippen MR) is 66.5 cm³/mol. The lowest BCUT2D eigenvalue weighted by Gasteiger charge is -2.36. The minimum atomic E-state index is -3.07. The molecule has 1 aliphatic rings. The van der Waals surface area contributed by atoms with Gasteiger partial charge in [-0.25, -0.2) is 12.7 Å². The van der Waals surface area contributed by atoms with Crippen LogP contribution in [0.15, 0.2) is 0 Å². The summed E-state index contributed by atoms with van der Waals surface area (Å²) in [5.41, 5.74) is 5.68. The smallest absolute Gasteiger partial charge is 0.214 e. The third-order valence-electron chi connectivity index (χ3n) is 3.32. The van der Waals surface area contributed by atoms with Crippen LogP contribution in [-0.2, 0) is 10.0 Å². The van der Waals surface area contributed by atoms with E-state index in [1.165, 1.54) is 0 Å². The van der Waals surface area contributed by atoms with Gasteiger partial charge >= 0.3 is 0 Å². The molecule has 5 heteroatoms. The fraction of sp³-hybridized carbons (Fsp3) is 1.00. The minimum absolute atomic E-state index is 0.181. The van der Waals surface area contributed by atoms with Crippen molar-refractivity contribution in [3.05, 3.63) is 0 Å². The summed E-state index contributed by atoms with van der Waals surface area (Å²) in [7, 11) is -3.07. The molecule has 2 N–H and O–H groups in total. The normalized spacial score (nSPS) is 28.6. The topological polar surface area (TPSA) is 63.4 Å². The molecule has 0 aliphatic carbocycles. The molecule has 0 amide bonds. The van der Waals surface area contributed by atoms with Gasteiger partial charge in [-0.3, -0.25) is 0 Å². The highest BCUT2D eigenvalue weighted by atomic mass is 32.2. The van der Waals surface area contributed by atoms with Crippen molar-refractivity contribution in [2.45, 2.75) is 27.2 Å². The van der Waals surface area contributed by atoms with Gasteiger partial charge in [0.15, 0.2) is 0 Å². The molecule has 1 saturated heterocycles. The minimum Gasteiger partial charge on any atom is -0.330 e. The summed E-state index contributed by atoms with van der Waals surface area (Å²) in [6.07, 6.45) is 0.930. The highest BCUT2D eigenvalue weighted by Gasteiger charge is 2.32. The molecule has 0 aromatic rings. The quantitative estimate of drug-likeness (QED) is 0.803. The second-order valence-electron chi connectivity index (χ2n) is 5.29. The Morgan fingerprint density at radius 1 is 1.44 bits per heavy atom. The molecule has 1 heterocycles. The molecular formula is C11H24N2O2S. The average molecular weight is 248 g/mol. The van der Waals surface area contributed by atoms with E-state index in [0.29, 0.717) is 31.5 Å². The SMILES string of the molecule is CC(C)CS(=O)(=O)N1CCC(C)C(CN)C1. The molecule has 1 rings (SSSR count). The summed E-state index contributed by atoms with van der Waals surface area (Å²) in [5, 5.41) is 0.